The lowest BCUT2D eigenvalue weighted by Crippen LogP contribution is -2.33. The fraction of sp³-hybridized carbons (Fsp3) is 0.333. The van der Waals surface area contributed by atoms with Gasteiger partial charge >= 0.3 is 0 Å². The summed E-state index contributed by atoms with van der Waals surface area (Å²) in [5.41, 5.74) is 0. The van der Waals surface area contributed by atoms with Crippen molar-refractivity contribution in [3.05, 3.63) is 25.3 Å². The van der Waals surface area contributed by atoms with Crippen molar-refractivity contribution in [2.75, 3.05) is 13.1 Å². The minimum Gasteiger partial charge on any atom is -0.327 e. The van der Waals surface area contributed by atoms with Gasteiger partial charge in [0.25, 0.3) is 0 Å². The lowest BCUT2D eigenvalue weighted by molar-refractivity contribution is 0.998. The molecule has 0 bridgehead atoms. The van der Waals surface area contributed by atoms with Crippen LogP contribution in [-0.4, -0.2) is 22.9 Å². The van der Waals surface area contributed by atoms with Crippen LogP contribution in [0.4, 0.5) is 0 Å². The Morgan fingerprint density at radius 3 is 1.89 bits per heavy atom. The molecule has 0 fully saturated rings. The van der Waals surface area contributed by atoms with Crippen LogP contribution in [0.3, 0.4) is 0 Å². The van der Waals surface area contributed by atoms with Crippen LogP contribution in [0.1, 0.15) is 0 Å². The molecule has 0 atom stereocenters. The van der Waals surface area contributed by atoms with E-state index in [0.29, 0.717) is 0 Å². The molecule has 0 spiro atoms. The Bertz CT molecular complexity index is 73.1. The summed E-state index contributed by atoms with van der Waals surface area (Å²) in [5.74, 6) is 0. The van der Waals surface area contributed by atoms with Crippen LogP contribution in [0.5, 0.6) is 0 Å². The highest BCUT2D eigenvalue weighted by Crippen LogP contribution is 1.56. The molecule has 0 saturated heterocycles. The van der Waals surface area contributed by atoms with Crippen molar-refractivity contribution in [3.63, 3.8) is 0 Å². The van der Waals surface area contributed by atoms with Crippen LogP contribution in [0.2, 0.25) is 0 Å². The van der Waals surface area contributed by atoms with Gasteiger partial charge in [-0.25, -0.2) is 0 Å². The molecule has 52 valence electrons. The van der Waals surface area contributed by atoms with E-state index in [1.54, 1.807) is 0 Å². The standard InChI is InChI=1S/C6H14N2Si/c1-3-5-7-9-8-6-4-2/h3-4,7-8H,1-2,5-6,9H2. The van der Waals surface area contributed by atoms with Crippen molar-refractivity contribution >= 4 is 9.84 Å². The van der Waals surface area contributed by atoms with Gasteiger partial charge in [-0.2, -0.15) is 0 Å². The van der Waals surface area contributed by atoms with Gasteiger partial charge in [0.2, 0.25) is 0 Å². The maximum Gasteiger partial charge on any atom is 0.168 e. The third-order valence-electron chi connectivity index (χ3n) is 0.827. The monoisotopic (exact) mass is 142 g/mol. The van der Waals surface area contributed by atoms with Gasteiger partial charge in [0.05, 0.1) is 0 Å². The van der Waals surface area contributed by atoms with Crippen molar-refractivity contribution in [1.82, 2.24) is 9.96 Å². The molecule has 0 saturated carbocycles. The van der Waals surface area contributed by atoms with E-state index >= 15 is 0 Å². The highest BCUT2D eigenvalue weighted by molar-refractivity contribution is 6.28. The second kappa shape index (κ2) is 7.62. The van der Waals surface area contributed by atoms with Gasteiger partial charge in [0.1, 0.15) is 0 Å². The smallest absolute Gasteiger partial charge is 0.168 e. The summed E-state index contributed by atoms with van der Waals surface area (Å²) in [6, 6.07) is 0. The molecule has 0 aromatic heterocycles. The van der Waals surface area contributed by atoms with Crippen LogP contribution in [-0.2, 0) is 0 Å². The van der Waals surface area contributed by atoms with E-state index in [-0.39, 0.29) is 9.84 Å². The summed E-state index contributed by atoms with van der Waals surface area (Å²) in [4.78, 5) is 6.46. The minimum atomic E-state index is -0.253. The molecular weight excluding hydrogens is 128 g/mol. The molecule has 9 heavy (non-hydrogen) atoms. The first kappa shape index (κ1) is 8.62. The van der Waals surface area contributed by atoms with E-state index in [1.807, 2.05) is 12.2 Å². The Labute approximate surface area is 59.0 Å². The van der Waals surface area contributed by atoms with E-state index in [0.717, 1.165) is 13.1 Å². The highest BCUT2D eigenvalue weighted by Gasteiger charge is 1.79. The maximum atomic E-state index is 3.59. The van der Waals surface area contributed by atoms with Crippen molar-refractivity contribution in [1.29, 1.82) is 0 Å². The average Bonchev–Trinajstić information content (AvgIpc) is 1.89. The molecule has 0 aliphatic heterocycles. The van der Waals surface area contributed by atoms with E-state index in [1.165, 1.54) is 0 Å². The molecule has 0 rings (SSSR count). The molecule has 0 radical (unpaired) electrons. The predicted octanol–water partition coefficient (Wildman–Crippen LogP) is -0.464. The number of hydrogen-bond acceptors (Lipinski definition) is 2. The highest BCUT2D eigenvalue weighted by atomic mass is 28.2. The largest absolute Gasteiger partial charge is 0.327 e. The zero-order chi connectivity index (χ0) is 6.95. The van der Waals surface area contributed by atoms with Crippen molar-refractivity contribution < 1.29 is 0 Å². The van der Waals surface area contributed by atoms with Gasteiger partial charge < -0.3 is 9.96 Å². The van der Waals surface area contributed by atoms with Crippen molar-refractivity contribution in [2.24, 2.45) is 0 Å². The summed E-state index contributed by atoms with van der Waals surface area (Å²) < 4.78 is 0. The van der Waals surface area contributed by atoms with E-state index < -0.39 is 0 Å². The van der Waals surface area contributed by atoms with Gasteiger partial charge in [-0.1, -0.05) is 12.2 Å². The molecule has 0 amide bonds. The zero-order valence-corrected chi connectivity index (χ0v) is 7.10. The second-order valence-corrected chi connectivity index (χ2v) is 3.02. The first-order valence-corrected chi connectivity index (χ1v) is 4.46. The Morgan fingerprint density at radius 1 is 1.11 bits per heavy atom. The first-order valence-electron chi connectivity index (χ1n) is 3.05. The Morgan fingerprint density at radius 2 is 1.56 bits per heavy atom. The van der Waals surface area contributed by atoms with E-state index in [9.17, 15) is 0 Å². The topological polar surface area (TPSA) is 24.1 Å². The SMILES string of the molecule is C=CCN[SiH2]NCC=C. The number of rotatable bonds is 6. The van der Waals surface area contributed by atoms with Gasteiger partial charge in [0, 0.05) is 13.1 Å². The van der Waals surface area contributed by atoms with Gasteiger partial charge in [0.15, 0.2) is 9.84 Å². The summed E-state index contributed by atoms with van der Waals surface area (Å²) in [6.45, 7) is 9.01. The second-order valence-electron chi connectivity index (χ2n) is 1.66. The third kappa shape index (κ3) is 7.62. The van der Waals surface area contributed by atoms with Crippen LogP contribution in [0.15, 0.2) is 25.3 Å². The van der Waals surface area contributed by atoms with Crippen molar-refractivity contribution in [3.8, 4) is 0 Å². The molecule has 0 aromatic rings. The Kier molecular flexibility index (Phi) is 7.29. The molecule has 0 unspecified atom stereocenters. The summed E-state index contributed by atoms with van der Waals surface area (Å²) >= 11 is 0. The van der Waals surface area contributed by atoms with Crippen LogP contribution < -0.4 is 9.96 Å². The summed E-state index contributed by atoms with van der Waals surface area (Å²) in [5, 5.41) is 0. The fourth-order valence-electron chi connectivity index (χ4n) is 0.437. The number of hydrogen-bond donors (Lipinski definition) is 2. The van der Waals surface area contributed by atoms with Gasteiger partial charge in [-0.15, -0.1) is 13.2 Å². The normalized spacial score (nSPS) is 8.89. The fourth-order valence-corrected chi connectivity index (χ4v) is 1.31. The Hall–Kier alpha value is -0.383. The van der Waals surface area contributed by atoms with Gasteiger partial charge in [-0.3, -0.25) is 0 Å². The molecule has 0 aromatic carbocycles. The number of nitrogens with one attached hydrogen (secondary N) is 2. The van der Waals surface area contributed by atoms with Gasteiger partial charge in [-0.05, 0) is 0 Å². The summed E-state index contributed by atoms with van der Waals surface area (Å²) in [7, 11) is -0.253. The van der Waals surface area contributed by atoms with E-state index in [2.05, 4.69) is 23.1 Å². The van der Waals surface area contributed by atoms with Crippen LogP contribution >= 0.6 is 0 Å². The molecule has 0 aliphatic carbocycles. The van der Waals surface area contributed by atoms with Crippen molar-refractivity contribution in [2.45, 2.75) is 0 Å². The van der Waals surface area contributed by atoms with Crippen LogP contribution in [0, 0.1) is 0 Å². The lowest BCUT2D eigenvalue weighted by atomic mass is 10.7. The van der Waals surface area contributed by atoms with Crippen LogP contribution in [0.25, 0.3) is 0 Å². The lowest BCUT2D eigenvalue weighted by Gasteiger charge is -1.98. The minimum absolute atomic E-state index is 0.253. The predicted molar refractivity (Wildman–Crippen MR) is 44.9 cm³/mol. The third-order valence-corrected chi connectivity index (χ3v) is 1.90. The quantitative estimate of drug-likeness (QED) is 0.298. The molecule has 3 heteroatoms. The molecular formula is C6H14N2Si. The molecule has 2 nitrogen and oxygen atoms in total. The summed E-state index contributed by atoms with van der Waals surface area (Å²) in [6.07, 6.45) is 3.73. The maximum absolute atomic E-state index is 3.59. The Balaban J connectivity index is 2.74. The zero-order valence-electron chi connectivity index (χ0n) is 5.69. The first-order chi connectivity index (χ1) is 4.41. The molecule has 2 N–H and O–H groups in total. The average molecular weight is 142 g/mol. The molecule has 0 aliphatic rings. The van der Waals surface area contributed by atoms with E-state index in [4.69, 9.17) is 0 Å². The molecule has 0 heterocycles.